The average Bonchev–Trinajstić information content (AvgIpc) is 3.29. The molecule has 2 N–H and O–H groups in total. The molecule has 1 aromatic rings. The molecule has 1 aromatic carbocycles. The van der Waals surface area contributed by atoms with E-state index in [0.29, 0.717) is 18.9 Å². The number of carbonyl (C=O) groups excluding carboxylic acids is 1. The first-order chi connectivity index (χ1) is 9.57. The summed E-state index contributed by atoms with van der Waals surface area (Å²) in [5.41, 5.74) is 7.51. The Balaban J connectivity index is 2.37. The number of aryl methyl sites for hydroxylation is 1. The topological polar surface area (TPSA) is 61.5 Å². The summed E-state index contributed by atoms with van der Waals surface area (Å²) in [7, 11) is 3.08. The third kappa shape index (κ3) is 2.66. The second-order valence-electron chi connectivity index (χ2n) is 5.62. The van der Waals surface area contributed by atoms with E-state index in [1.54, 1.807) is 7.11 Å². The summed E-state index contributed by atoms with van der Waals surface area (Å²) in [6.07, 6.45) is 2.66. The Kier molecular flexibility index (Phi) is 4.33. The Morgan fingerprint density at radius 1 is 1.40 bits per heavy atom. The van der Waals surface area contributed by atoms with Crippen molar-refractivity contribution < 1.29 is 14.3 Å². The predicted molar refractivity (Wildman–Crippen MR) is 77.7 cm³/mol. The lowest BCUT2D eigenvalue weighted by Crippen LogP contribution is -2.43. The van der Waals surface area contributed by atoms with Gasteiger partial charge in [0.1, 0.15) is 5.75 Å². The summed E-state index contributed by atoms with van der Waals surface area (Å²) in [4.78, 5) is 12.3. The number of carbonyl (C=O) groups is 1. The Hall–Kier alpha value is -1.55. The summed E-state index contributed by atoms with van der Waals surface area (Å²) in [5.74, 6) is 0.925. The average molecular weight is 277 g/mol. The number of nitrogens with two attached hydrogens (primary N) is 1. The van der Waals surface area contributed by atoms with Gasteiger partial charge in [0.25, 0.3) is 0 Å². The Bertz CT molecular complexity index is 496. The highest BCUT2D eigenvalue weighted by molar-refractivity contribution is 5.78. The highest BCUT2D eigenvalue weighted by Crippen LogP contribution is 2.48. The summed E-state index contributed by atoms with van der Waals surface area (Å²) < 4.78 is 10.4. The van der Waals surface area contributed by atoms with Gasteiger partial charge in [-0.1, -0.05) is 17.7 Å². The molecule has 0 spiro atoms. The SMILES string of the molecule is COC(=O)C(CN)(Cc1cc(C)ccc1OC)C1CC1. The first-order valence-corrected chi connectivity index (χ1v) is 6.99. The van der Waals surface area contributed by atoms with Gasteiger partial charge in [0.05, 0.1) is 19.6 Å². The molecule has 110 valence electrons. The number of hydrogen-bond donors (Lipinski definition) is 1. The van der Waals surface area contributed by atoms with Crippen molar-refractivity contribution in [2.45, 2.75) is 26.2 Å². The molecule has 0 aliphatic heterocycles. The van der Waals surface area contributed by atoms with E-state index < -0.39 is 5.41 Å². The maximum Gasteiger partial charge on any atom is 0.313 e. The molecule has 0 amide bonds. The molecular weight excluding hydrogens is 254 g/mol. The molecule has 1 saturated carbocycles. The molecule has 1 aliphatic rings. The summed E-state index contributed by atoms with van der Waals surface area (Å²) in [5, 5.41) is 0. The van der Waals surface area contributed by atoms with Crippen LogP contribution in [-0.4, -0.2) is 26.7 Å². The highest BCUT2D eigenvalue weighted by atomic mass is 16.5. The van der Waals surface area contributed by atoms with Crippen LogP contribution in [0.1, 0.15) is 24.0 Å². The minimum absolute atomic E-state index is 0.203. The Morgan fingerprint density at radius 3 is 2.60 bits per heavy atom. The highest BCUT2D eigenvalue weighted by Gasteiger charge is 2.51. The zero-order valence-corrected chi connectivity index (χ0v) is 12.4. The first-order valence-electron chi connectivity index (χ1n) is 6.99. The molecule has 1 unspecified atom stereocenters. The number of methoxy groups -OCH3 is 2. The fourth-order valence-corrected chi connectivity index (χ4v) is 2.93. The third-order valence-electron chi connectivity index (χ3n) is 4.26. The van der Waals surface area contributed by atoms with Crippen molar-refractivity contribution in [2.24, 2.45) is 17.1 Å². The van der Waals surface area contributed by atoms with Gasteiger partial charge in [0, 0.05) is 6.54 Å². The molecule has 20 heavy (non-hydrogen) atoms. The predicted octanol–water partition coefficient (Wildman–Crippen LogP) is 2.07. The zero-order chi connectivity index (χ0) is 14.8. The van der Waals surface area contributed by atoms with Crippen molar-refractivity contribution in [3.05, 3.63) is 29.3 Å². The third-order valence-corrected chi connectivity index (χ3v) is 4.26. The van der Waals surface area contributed by atoms with Crippen LogP contribution < -0.4 is 10.5 Å². The first kappa shape index (κ1) is 14.9. The molecule has 0 saturated heterocycles. The zero-order valence-electron chi connectivity index (χ0n) is 12.4. The molecule has 4 heteroatoms. The van der Waals surface area contributed by atoms with E-state index in [9.17, 15) is 4.79 Å². The van der Waals surface area contributed by atoms with E-state index in [2.05, 4.69) is 6.07 Å². The van der Waals surface area contributed by atoms with Gasteiger partial charge < -0.3 is 15.2 Å². The van der Waals surface area contributed by atoms with E-state index in [0.717, 1.165) is 29.7 Å². The summed E-state index contributed by atoms with van der Waals surface area (Å²) >= 11 is 0. The number of esters is 1. The van der Waals surface area contributed by atoms with Crippen molar-refractivity contribution >= 4 is 5.97 Å². The number of benzene rings is 1. The Labute approximate surface area is 120 Å². The monoisotopic (exact) mass is 277 g/mol. The van der Waals surface area contributed by atoms with Gasteiger partial charge in [-0.3, -0.25) is 4.79 Å². The van der Waals surface area contributed by atoms with Crippen LogP contribution in [0.5, 0.6) is 5.75 Å². The molecule has 1 atom stereocenters. The van der Waals surface area contributed by atoms with Crippen LogP contribution in [0.25, 0.3) is 0 Å². The second kappa shape index (κ2) is 5.83. The standard InChI is InChI=1S/C16H23NO3/c1-11-4-7-14(19-2)12(8-11)9-16(10-17,13-5-6-13)15(18)20-3/h4,7-8,13H,5-6,9-10,17H2,1-3H3. The van der Waals surface area contributed by atoms with E-state index in [1.165, 1.54) is 7.11 Å². The normalized spacial score (nSPS) is 17.4. The molecule has 4 nitrogen and oxygen atoms in total. The molecule has 1 fully saturated rings. The van der Waals surface area contributed by atoms with Crippen LogP contribution in [0.4, 0.5) is 0 Å². The summed E-state index contributed by atoms with van der Waals surface area (Å²) in [6, 6.07) is 6.01. The van der Waals surface area contributed by atoms with Gasteiger partial charge >= 0.3 is 5.97 Å². The maximum absolute atomic E-state index is 12.3. The number of rotatable bonds is 6. The lowest BCUT2D eigenvalue weighted by atomic mass is 9.76. The molecular formula is C16H23NO3. The summed E-state index contributed by atoms with van der Waals surface area (Å²) in [6.45, 7) is 2.34. The van der Waals surface area contributed by atoms with E-state index in [4.69, 9.17) is 15.2 Å². The molecule has 0 bridgehead atoms. The van der Waals surface area contributed by atoms with Crippen molar-refractivity contribution in [3.8, 4) is 5.75 Å². The van der Waals surface area contributed by atoms with Gasteiger partial charge in [-0.25, -0.2) is 0 Å². The van der Waals surface area contributed by atoms with Crippen molar-refractivity contribution in [1.82, 2.24) is 0 Å². The minimum Gasteiger partial charge on any atom is -0.496 e. The second-order valence-corrected chi connectivity index (χ2v) is 5.62. The minimum atomic E-state index is -0.615. The Morgan fingerprint density at radius 2 is 2.10 bits per heavy atom. The van der Waals surface area contributed by atoms with Crippen LogP contribution in [0.2, 0.25) is 0 Å². The fraction of sp³-hybridized carbons (Fsp3) is 0.562. The van der Waals surface area contributed by atoms with Crippen LogP contribution in [-0.2, 0) is 16.0 Å². The van der Waals surface area contributed by atoms with E-state index in [1.807, 2.05) is 19.1 Å². The van der Waals surface area contributed by atoms with Gasteiger partial charge in [0.15, 0.2) is 0 Å². The van der Waals surface area contributed by atoms with Crippen molar-refractivity contribution in [1.29, 1.82) is 0 Å². The van der Waals surface area contributed by atoms with Gasteiger partial charge in [-0.15, -0.1) is 0 Å². The molecule has 0 radical (unpaired) electrons. The van der Waals surface area contributed by atoms with E-state index in [-0.39, 0.29) is 5.97 Å². The van der Waals surface area contributed by atoms with Gasteiger partial charge in [-0.2, -0.15) is 0 Å². The molecule has 1 aliphatic carbocycles. The number of ether oxygens (including phenoxy) is 2. The fourth-order valence-electron chi connectivity index (χ4n) is 2.93. The van der Waals surface area contributed by atoms with Crippen molar-refractivity contribution in [2.75, 3.05) is 20.8 Å². The van der Waals surface area contributed by atoms with Crippen LogP contribution in [0.3, 0.4) is 0 Å². The van der Waals surface area contributed by atoms with Crippen molar-refractivity contribution in [3.63, 3.8) is 0 Å². The molecule has 0 heterocycles. The van der Waals surface area contributed by atoms with Crippen LogP contribution in [0, 0.1) is 18.3 Å². The smallest absolute Gasteiger partial charge is 0.313 e. The molecule has 2 rings (SSSR count). The lowest BCUT2D eigenvalue weighted by molar-refractivity contribution is -0.153. The largest absolute Gasteiger partial charge is 0.496 e. The van der Waals surface area contributed by atoms with Crippen LogP contribution in [0.15, 0.2) is 18.2 Å². The molecule has 0 aromatic heterocycles. The number of hydrogen-bond acceptors (Lipinski definition) is 4. The van der Waals surface area contributed by atoms with E-state index >= 15 is 0 Å². The van der Waals surface area contributed by atoms with Gasteiger partial charge in [0.2, 0.25) is 0 Å². The van der Waals surface area contributed by atoms with Crippen LogP contribution >= 0.6 is 0 Å². The van der Waals surface area contributed by atoms with Gasteiger partial charge in [-0.05, 0) is 43.7 Å². The maximum atomic E-state index is 12.3. The quantitative estimate of drug-likeness (QED) is 0.809. The lowest BCUT2D eigenvalue weighted by Gasteiger charge is -2.30.